The number of imide groups is 1. The van der Waals surface area contributed by atoms with E-state index in [1.165, 1.54) is 19.2 Å². The average Bonchev–Trinajstić information content (AvgIpc) is 2.72. The highest BCUT2D eigenvalue weighted by atomic mass is 32.2. The lowest BCUT2D eigenvalue weighted by atomic mass is 9.90. The van der Waals surface area contributed by atoms with Gasteiger partial charge in [-0.15, -0.1) is 0 Å². The number of aryl methyl sites for hydroxylation is 1. The minimum atomic E-state index is -3.80. The molecule has 1 saturated heterocycles. The third-order valence-corrected chi connectivity index (χ3v) is 5.67. The van der Waals surface area contributed by atoms with Crippen molar-refractivity contribution in [1.82, 2.24) is 4.90 Å². The van der Waals surface area contributed by atoms with Crippen molar-refractivity contribution in [2.75, 3.05) is 25.0 Å². The molecular weight excluding hydrogens is 407 g/mol. The van der Waals surface area contributed by atoms with E-state index in [4.69, 9.17) is 9.31 Å². The number of hydrogen-bond donors (Lipinski definition) is 1. The molecule has 1 aliphatic rings. The molecule has 0 atom stereocenters. The van der Waals surface area contributed by atoms with Crippen molar-refractivity contribution >= 4 is 34.6 Å². The number of rotatable bonds is 3. The number of anilines is 1. The van der Waals surface area contributed by atoms with Crippen LogP contribution in [0.15, 0.2) is 53.4 Å². The van der Waals surface area contributed by atoms with Crippen LogP contribution in [0.4, 0.5) is 5.69 Å². The molecule has 0 aliphatic carbocycles. The molecule has 2 amide bonds. The van der Waals surface area contributed by atoms with Crippen LogP contribution in [0.5, 0.6) is 0 Å². The molecule has 1 aliphatic heterocycles. The quantitative estimate of drug-likeness (QED) is 0.450. The summed E-state index contributed by atoms with van der Waals surface area (Å²) in [5.41, 5.74) is 1.61. The van der Waals surface area contributed by atoms with Gasteiger partial charge in [0.2, 0.25) is 0 Å². The molecule has 0 bridgehead atoms. The first kappa shape index (κ1) is 21.6. The smallest absolute Gasteiger partial charge is 0.391 e. The zero-order valence-electron chi connectivity index (χ0n) is 16.4. The number of hydrogen-bond acceptors (Lipinski definition) is 6. The molecule has 1 N–H and O–H groups in total. The van der Waals surface area contributed by atoms with Gasteiger partial charge in [0.15, 0.2) is 0 Å². The molecule has 0 saturated carbocycles. The van der Waals surface area contributed by atoms with Gasteiger partial charge in [-0.3, -0.25) is 19.2 Å². The molecule has 1 fully saturated rings. The van der Waals surface area contributed by atoms with Crippen molar-refractivity contribution in [1.29, 1.82) is 0 Å². The second-order valence-corrected chi connectivity index (χ2v) is 8.22. The standard InChI is InChI=1S/C20H19BN2O6S/c1-15-7-9-17(10-8-15)30(26,27)22-18-6-4-3-5-16(18)11-12-21-28-13-19(24)23(2)20(25)14-29-21/h3-10,22H,13-14H2,1-2H3. The minimum absolute atomic E-state index is 0.128. The van der Waals surface area contributed by atoms with E-state index in [2.05, 4.69) is 16.5 Å². The van der Waals surface area contributed by atoms with Gasteiger partial charge in [0.1, 0.15) is 13.2 Å². The number of nitrogens with one attached hydrogen (secondary N) is 1. The Morgan fingerprint density at radius 3 is 2.23 bits per heavy atom. The van der Waals surface area contributed by atoms with Gasteiger partial charge in [-0.25, -0.2) is 8.42 Å². The van der Waals surface area contributed by atoms with Gasteiger partial charge in [-0.1, -0.05) is 41.6 Å². The van der Waals surface area contributed by atoms with Crippen LogP contribution in [0, 0.1) is 18.7 Å². The van der Waals surface area contributed by atoms with E-state index >= 15 is 0 Å². The van der Waals surface area contributed by atoms with Crippen molar-refractivity contribution < 1.29 is 27.3 Å². The van der Waals surface area contributed by atoms with Crippen LogP contribution in [0.2, 0.25) is 0 Å². The largest absolute Gasteiger partial charge is 0.551 e. The highest BCUT2D eigenvalue weighted by molar-refractivity contribution is 7.92. The summed E-state index contributed by atoms with van der Waals surface area (Å²) < 4.78 is 38.4. The van der Waals surface area contributed by atoms with Gasteiger partial charge in [0.25, 0.3) is 21.8 Å². The Balaban J connectivity index is 1.80. The molecule has 0 unspecified atom stereocenters. The summed E-state index contributed by atoms with van der Waals surface area (Å²) in [6.07, 6.45) is 0. The van der Waals surface area contributed by atoms with Crippen molar-refractivity contribution in [3.63, 3.8) is 0 Å². The normalized spacial score (nSPS) is 15.1. The molecule has 0 spiro atoms. The molecule has 0 radical (unpaired) electrons. The number of amides is 2. The molecule has 8 nitrogen and oxygen atoms in total. The Labute approximate surface area is 175 Å². The Morgan fingerprint density at radius 2 is 1.60 bits per heavy atom. The summed E-state index contributed by atoms with van der Waals surface area (Å²) >= 11 is 0. The van der Waals surface area contributed by atoms with E-state index in [1.54, 1.807) is 36.4 Å². The number of carbonyl (C=O) groups excluding carboxylic acids is 2. The lowest BCUT2D eigenvalue weighted by molar-refractivity contribution is -0.147. The number of benzene rings is 2. The molecular formula is C20H19BN2O6S. The fourth-order valence-electron chi connectivity index (χ4n) is 2.50. The number of likely N-dealkylation sites (N-methyl/N-ethyl adjacent to an activating group) is 1. The maximum Gasteiger partial charge on any atom is 0.551 e. The molecule has 1 heterocycles. The van der Waals surface area contributed by atoms with Gasteiger partial charge < -0.3 is 9.31 Å². The number of carbonyl (C=O) groups is 2. The van der Waals surface area contributed by atoms with E-state index in [0.717, 1.165) is 10.5 Å². The Morgan fingerprint density at radius 1 is 1.00 bits per heavy atom. The predicted octanol–water partition coefficient (Wildman–Crippen LogP) is 1.21. The first-order valence-electron chi connectivity index (χ1n) is 8.99. The summed E-state index contributed by atoms with van der Waals surface area (Å²) in [5, 5.41) is 0. The fraction of sp³-hybridized carbons (Fsp3) is 0.200. The van der Waals surface area contributed by atoms with Gasteiger partial charge in [-0.2, -0.15) is 0 Å². The van der Waals surface area contributed by atoms with Gasteiger partial charge in [-0.05, 0) is 31.2 Å². The SMILES string of the molecule is Cc1ccc(S(=O)(=O)Nc2ccccc2C#CB2OCC(=O)N(C)C(=O)CO2)cc1. The van der Waals surface area contributed by atoms with Crippen LogP contribution in [0.25, 0.3) is 0 Å². The van der Waals surface area contributed by atoms with Gasteiger partial charge in [0, 0.05) is 12.6 Å². The molecule has 3 rings (SSSR count). The van der Waals surface area contributed by atoms with Crippen LogP contribution in [0.3, 0.4) is 0 Å². The lowest BCUT2D eigenvalue weighted by Gasteiger charge is -2.20. The highest BCUT2D eigenvalue weighted by Crippen LogP contribution is 2.20. The van der Waals surface area contributed by atoms with Crippen molar-refractivity contribution in [2.45, 2.75) is 11.8 Å². The summed E-state index contributed by atoms with van der Waals surface area (Å²) in [6.45, 7) is 1.15. The van der Waals surface area contributed by atoms with Crippen molar-refractivity contribution in [3.8, 4) is 11.7 Å². The van der Waals surface area contributed by atoms with Crippen LogP contribution >= 0.6 is 0 Å². The van der Waals surface area contributed by atoms with E-state index < -0.39 is 29.0 Å². The summed E-state index contributed by atoms with van der Waals surface area (Å²) in [7, 11) is -3.56. The number of para-hydroxylation sites is 1. The first-order chi connectivity index (χ1) is 14.3. The molecule has 2 aromatic rings. The Hall–Kier alpha value is -3.13. The van der Waals surface area contributed by atoms with E-state index in [9.17, 15) is 18.0 Å². The van der Waals surface area contributed by atoms with E-state index in [1.807, 2.05) is 6.92 Å². The topological polar surface area (TPSA) is 102 Å². The number of sulfonamides is 1. The Bertz CT molecular complexity index is 1100. The van der Waals surface area contributed by atoms with Crippen LogP contribution < -0.4 is 4.72 Å². The molecule has 30 heavy (non-hydrogen) atoms. The van der Waals surface area contributed by atoms with Crippen LogP contribution in [-0.2, 0) is 28.9 Å². The summed E-state index contributed by atoms with van der Waals surface area (Å²) in [6, 6.07) is 13.1. The molecule has 154 valence electrons. The third kappa shape index (κ3) is 5.27. The maximum atomic E-state index is 12.7. The predicted molar refractivity (Wildman–Crippen MR) is 111 cm³/mol. The van der Waals surface area contributed by atoms with E-state index in [0.29, 0.717) is 5.56 Å². The monoisotopic (exact) mass is 426 g/mol. The second-order valence-electron chi connectivity index (χ2n) is 6.53. The van der Waals surface area contributed by atoms with Crippen LogP contribution in [0.1, 0.15) is 11.1 Å². The highest BCUT2D eigenvalue weighted by Gasteiger charge is 2.27. The fourth-order valence-corrected chi connectivity index (χ4v) is 3.58. The van der Waals surface area contributed by atoms with E-state index in [-0.39, 0.29) is 23.8 Å². The molecule has 2 aromatic carbocycles. The van der Waals surface area contributed by atoms with Crippen LogP contribution in [-0.4, -0.2) is 52.5 Å². The molecule has 10 heteroatoms. The average molecular weight is 426 g/mol. The lowest BCUT2D eigenvalue weighted by Crippen LogP contribution is -2.44. The summed E-state index contributed by atoms with van der Waals surface area (Å²) in [4.78, 5) is 24.6. The summed E-state index contributed by atoms with van der Waals surface area (Å²) in [5.74, 6) is 4.48. The molecule has 0 aromatic heterocycles. The van der Waals surface area contributed by atoms with Gasteiger partial charge >= 0.3 is 7.12 Å². The third-order valence-electron chi connectivity index (χ3n) is 4.29. The number of nitrogens with zero attached hydrogens (tertiary/aromatic N) is 1. The van der Waals surface area contributed by atoms with Crippen molar-refractivity contribution in [3.05, 3.63) is 59.7 Å². The zero-order valence-corrected chi connectivity index (χ0v) is 17.2. The Kier molecular flexibility index (Phi) is 6.57. The van der Waals surface area contributed by atoms with Gasteiger partial charge in [0.05, 0.1) is 10.6 Å². The zero-order chi connectivity index (χ0) is 21.7. The first-order valence-corrected chi connectivity index (χ1v) is 10.5. The second kappa shape index (κ2) is 9.13. The minimum Gasteiger partial charge on any atom is -0.391 e. The maximum absolute atomic E-state index is 12.7. The van der Waals surface area contributed by atoms with Crippen molar-refractivity contribution in [2.24, 2.45) is 0 Å².